The molecule has 0 aliphatic heterocycles. The number of esters is 1. The minimum atomic E-state index is -0.636. The molecular formula is C14H30N2O2. The molecule has 0 heterocycles. The average Bonchev–Trinajstić information content (AvgIpc) is 2.26. The second-order valence-corrected chi connectivity index (χ2v) is 5.77. The van der Waals surface area contributed by atoms with Crippen molar-refractivity contribution in [1.29, 1.82) is 0 Å². The summed E-state index contributed by atoms with van der Waals surface area (Å²) in [5.41, 5.74) is -0.636. The number of hydrogen-bond donors (Lipinski definition) is 1. The molecule has 4 nitrogen and oxygen atoms in total. The van der Waals surface area contributed by atoms with Crippen molar-refractivity contribution in [3.63, 3.8) is 0 Å². The van der Waals surface area contributed by atoms with Crippen molar-refractivity contribution in [2.75, 3.05) is 26.7 Å². The number of methoxy groups -OCH3 is 1. The van der Waals surface area contributed by atoms with Gasteiger partial charge in [0.1, 0.15) is 5.54 Å². The van der Waals surface area contributed by atoms with Crippen molar-refractivity contribution in [2.45, 2.75) is 53.1 Å². The molecule has 0 aliphatic carbocycles. The molecule has 0 aromatic rings. The Morgan fingerprint density at radius 3 is 2.22 bits per heavy atom. The maximum atomic E-state index is 12.0. The molecule has 0 saturated carbocycles. The number of nitrogens with one attached hydrogen (secondary N) is 1. The zero-order valence-corrected chi connectivity index (χ0v) is 13.0. The Kier molecular flexibility index (Phi) is 7.48. The summed E-state index contributed by atoms with van der Waals surface area (Å²) in [7, 11) is 1.44. The molecule has 0 rings (SSSR count). The van der Waals surface area contributed by atoms with Gasteiger partial charge in [0.25, 0.3) is 0 Å². The van der Waals surface area contributed by atoms with Crippen molar-refractivity contribution in [2.24, 2.45) is 5.92 Å². The second kappa shape index (κ2) is 7.74. The van der Waals surface area contributed by atoms with Crippen LogP contribution >= 0.6 is 0 Å². The van der Waals surface area contributed by atoms with E-state index in [-0.39, 0.29) is 5.97 Å². The Labute approximate surface area is 112 Å². The van der Waals surface area contributed by atoms with Crippen LogP contribution in [0.1, 0.15) is 41.5 Å². The van der Waals surface area contributed by atoms with E-state index in [0.29, 0.717) is 18.5 Å². The van der Waals surface area contributed by atoms with E-state index in [1.165, 1.54) is 7.11 Å². The molecule has 0 bridgehead atoms. The van der Waals surface area contributed by atoms with Gasteiger partial charge >= 0.3 is 5.97 Å². The number of nitrogens with zero attached hydrogens (tertiary/aromatic N) is 1. The van der Waals surface area contributed by atoms with Gasteiger partial charge < -0.3 is 10.1 Å². The van der Waals surface area contributed by atoms with Crippen molar-refractivity contribution >= 4 is 5.97 Å². The second-order valence-electron chi connectivity index (χ2n) is 5.77. The first-order valence-corrected chi connectivity index (χ1v) is 6.84. The number of carbonyl (C=O) groups excluding carboxylic acids is 1. The quantitative estimate of drug-likeness (QED) is 0.675. The summed E-state index contributed by atoms with van der Waals surface area (Å²) >= 11 is 0. The Hall–Kier alpha value is -0.610. The molecule has 1 unspecified atom stereocenters. The summed E-state index contributed by atoms with van der Waals surface area (Å²) in [6.45, 7) is 15.0. The van der Waals surface area contributed by atoms with Crippen molar-refractivity contribution < 1.29 is 9.53 Å². The molecule has 0 fully saturated rings. The van der Waals surface area contributed by atoms with Crippen LogP contribution in [0, 0.1) is 5.92 Å². The Balaban J connectivity index is 4.85. The summed E-state index contributed by atoms with van der Waals surface area (Å²) in [6, 6.07) is 0.412. The summed E-state index contributed by atoms with van der Waals surface area (Å²) in [6.07, 6.45) is 0. The highest BCUT2D eigenvalue weighted by molar-refractivity contribution is 5.80. The van der Waals surface area contributed by atoms with Gasteiger partial charge in [-0.25, -0.2) is 0 Å². The molecule has 1 N–H and O–H groups in total. The van der Waals surface area contributed by atoms with Crippen LogP contribution in [0.3, 0.4) is 0 Å². The minimum absolute atomic E-state index is 0.196. The monoisotopic (exact) mass is 258 g/mol. The Morgan fingerprint density at radius 2 is 1.89 bits per heavy atom. The molecule has 18 heavy (non-hydrogen) atoms. The molecule has 1 atom stereocenters. The van der Waals surface area contributed by atoms with Gasteiger partial charge in [-0.2, -0.15) is 0 Å². The number of carbonyl (C=O) groups is 1. The number of rotatable bonds is 8. The van der Waals surface area contributed by atoms with Gasteiger partial charge in [-0.1, -0.05) is 20.8 Å². The van der Waals surface area contributed by atoms with Gasteiger partial charge in [-0.15, -0.1) is 0 Å². The highest BCUT2D eigenvalue weighted by Crippen LogP contribution is 2.13. The molecular weight excluding hydrogens is 228 g/mol. The molecule has 0 saturated heterocycles. The van der Waals surface area contributed by atoms with Gasteiger partial charge in [-0.3, -0.25) is 9.69 Å². The lowest BCUT2D eigenvalue weighted by Crippen LogP contribution is -2.58. The maximum absolute atomic E-state index is 12.0. The Bertz CT molecular complexity index is 254. The molecule has 108 valence electrons. The van der Waals surface area contributed by atoms with Crippen LogP contribution in [0.4, 0.5) is 0 Å². The lowest BCUT2D eigenvalue weighted by Gasteiger charge is -2.37. The third-order valence-electron chi connectivity index (χ3n) is 3.05. The summed E-state index contributed by atoms with van der Waals surface area (Å²) in [4.78, 5) is 14.3. The molecule has 0 aromatic heterocycles. The van der Waals surface area contributed by atoms with E-state index in [2.05, 4.69) is 37.9 Å². The van der Waals surface area contributed by atoms with Crippen molar-refractivity contribution in [3.8, 4) is 0 Å². The van der Waals surface area contributed by atoms with Crippen LogP contribution in [0.15, 0.2) is 0 Å². The van der Waals surface area contributed by atoms with Gasteiger partial charge in [0, 0.05) is 19.1 Å². The van der Waals surface area contributed by atoms with Crippen molar-refractivity contribution in [3.05, 3.63) is 0 Å². The first-order chi connectivity index (χ1) is 8.26. The normalized spacial score (nSPS) is 15.2. The zero-order chi connectivity index (χ0) is 14.3. The highest BCUT2D eigenvalue weighted by Gasteiger charge is 2.36. The van der Waals surface area contributed by atoms with Crippen LogP contribution in [-0.2, 0) is 9.53 Å². The van der Waals surface area contributed by atoms with E-state index < -0.39 is 5.54 Å². The number of likely N-dealkylation sites (N-methyl/N-ethyl adjacent to an activating group) is 1. The van der Waals surface area contributed by atoms with E-state index in [4.69, 9.17) is 4.74 Å². The van der Waals surface area contributed by atoms with E-state index in [1.807, 2.05) is 13.8 Å². The van der Waals surface area contributed by atoms with Crippen LogP contribution in [0.25, 0.3) is 0 Å². The largest absolute Gasteiger partial charge is 0.468 e. The smallest absolute Gasteiger partial charge is 0.327 e. The fourth-order valence-corrected chi connectivity index (χ4v) is 2.14. The van der Waals surface area contributed by atoms with Gasteiger partial charge in [0.2, 0.25) is 0 Å². The fourth-order valence-electron chi connectivity index (χ4n) is 2.14. The first-order valence-electron chi connectivity index (χ1n) is 6.84. The molecule has 0 amide bonds. The number of ether oxygens (including phenoxy) is 1. The van der Waals surface area contributed by atoms with E-state index >= 15 is 0 Å². The van der Waals surface area contributed by atoms with Gasteiger partial charge in [0.05, 0.1) is 7.11 Å². The molecule has 0 spiro atoms. The van der Waals surface area contributed by atoms with E-state index in [9.17, 15) is 4.79 Å². The molecule has 0 aliphatic rings. The van der Waals surface area contributed by atoms with Gasteiger partial charge in [-0.05, 0) is 33.2 Å². The van der Waals surface area contributed by atoms with Crippen molar-refractivity contribution in [1.82, 2.24) is 10.2 Å². The first kappa shape index (κ1) is 17.4. The van der Waals surface area contributed by atoms with Crippen LogP contribution < -0.4 is 5.32 Å². The number of hydrogen-bond acceptors (Lipinski definition) is 4. The third kappa shape index (κ3) is 5.36. The lowest BCUT2D eigenvalue weighted by molar-refractivity contribution is -0.149. The zero-order valence-electron chi connectivity index (χ0n) is 13.0. The van der Waals surface area contributed by atoms with Gasteiger partial charge in [0.15, 0.2) is 0 Å². The van der Waals surface area contributed by atoms with E-state index in [0.717, 1.165) is 13.1 Å². The summed E-state index contributed by atoms with van der Waals surface area (Å²) in [5.74, 6) is 0.384. The fraction of sp³-hybridized carbons (Fsp3) is 0.929. The highest BCUT2D eigenvalue weighted by atomic mass is 16.5. The van der Waals surface area contributed by atoms with Crippen LogP contribution in [0.5, 0.6) is 0 Å². The predicted molar refractivity (Wildman–Crippen MR) is 75.6 cm³/mol. The summed E-state index contributed by atoms with van der Waals surface area (Å²) in [5, 5.41) is 3.25. The average molecular weight is 258 g/mol. The summed E-state index contributed by atoms with van der Waals surface area (Å²) < 4.78 is 4.93. The Morgan fingerprint density at radius 1 is 1.33 bits per heavy atom. The standard InChI is InChI=1S/C14H30N2O2/c1-8-15-14(6,13(17)18-7)10-16(12(4)5)9-11(2)3/h11-12,15H,8-10H2,1-7H3. The van der Waals surface area contributed by atoms with E-state index in [1.54, 1.807) is 0 Å². The molecule has 0 aromatic carbocycles. The lowest BCUT2D eigenvalue weighted by atomic mass is 10.00. The van der Waals surface area contributed by atoms with Crippen LogP contribution in [-0.4, -0.2) is 49.2 Å². The maximum Gasteiger partial charge on any atom is 0.327 e. The predicted octanol–water partition coefficient (Wildman–Crippen LogP) is 1.89. The minimum Gasteiger partial charge on any atom is -0.468 e. The molecule has 4 heteroatoms. The SMILES string of the molecule is CCNC(C)(CN(CC(C)C)C(C)C)C(=O)OC. The van der Waals surface area contributed by atoms with Crippen LogP contribution in [0.2, 0.25) is 0 Å². The topological polar surface area (TPSA) is 41.6 Å². The third-order valence-corrected chi connectivity index (χ3v) is 3.05. The molecule has 0 radical (unpaired) electrons.